The van der Waals surface area contributed by atoms with Gasteiger partial charge in [0.1, 0.15) is 11.6 Å². The van der Waals surface area contributed by atoms with Crippen LogP contribution in [0.2, 0.25) is 0 Å². The van der Waals surface area contributed by atoms with E-state index in [1.165, 1.54) is 12.1 Å². The fraction of sp³-hybridized carbons (Fsp3) is 0.353. The maximum atomic E-state index is 13.4. The molecule has 0 amide bonds. The van der Waals surface area contributed by atoms with Crippen molar-refractivity contribution < 1.29 is 9.13 Å². The van der Waals surface area contributed by atoms with E-state index < -0.39 is 0 Å². The summed E-state index contributed by atoms with van der Waals surface area (Å²) in [6, 6.07) is 6.17. The molecule has 1 saturated heterocycles. The number of halogens is 2. The SMILES string of the molecule is COc1ccc(F)cc1CN=C(N)N1CCN(c2ncccn2)CC1.I. The van der Waals surface area contributed by atoms with Crippen LogP contribution in [0.4, 0.5) is 10.3 Å². The van der Waals surface area contributed by atoms with E-state index in [1.54, 1.807) is 31.6 Å². The van der Waals surface area contributed by atoms with Gasteiger partial charge in [0.15, 0.2) is 5.96 Å². The summed E-state index contributed by atoms with van der Waals surface area (Å²) >= 11 is 0. The minimum Gasteiger partial charge on any atom is -0.496 e. The number of guanidine groups is 1. The van der Waals surface area contributed by atoms with Crippen LogP contribution >= 0.6 is 24.0 Å². The van der Waals surface area contributed by atoms with Crippen molar-refractivity contribution >= 4 is 35.9 Å². The molecule has 0 aliphatic carbocycles. The molecule has 1 aliphatic heterocycles. The van der Waals surface area contributed by atoms with Gasteiger partial charge in [0.05, 0.1) is 13.7 Å². The van der Waals surface area contributed by atoms with Crippen LogP contribution in [0.25, 0.3) is 0 Å². The summed E-state index contributed by atoms with van der Waals surface area (Å²) in [6.07, 6.45) is 3.47. The number of aliphatic imine (C=N–C) groups is 1. The predicted molar refractivity (Wildman–Crippen MR) is 110 cm³/mol. The fourth-order valence-corrected chi connectivity index (χ4v) is 2.73. The lowest BCUT2D eigenvalue weighted by atomic mass is 10.2. The molecule has 2 heterocycles. The molecule has 0 bridgehead atoms. The number of ether oxygens (including phenoxy) is 1. The molecule has 140 valence electrons. The van der Waals surface area contributed by atoms with E-state index in [9.17, 15) is 4.39 Å². The molecule has 7 nitrogen and oxygen atoms in total. The largest absolute Gasteiger partial charge is 0.496 e. The van der Waals surface area contributed by atoms with Gasteiger partial charge in [-0.3, -0.25) is 0 Å². The Bertz CT molecular complexity index is 737. The highest BCUT2D eigenvalue weighted by molar-refractivity contribution is 14.0. The van der Waals surface area contributed by atoms with E-state index in [-0.39, 0.29) is 36.3 Å². The quantitative estimate of drug-likeness (QED) is 0.416. The van der Waals surface area contributed by atoms with E-state index in [4.69, 9.17) is 10.5 Å². The predicted octanol–water partition coefficient (Wildman–Crippen LogP) is 1.88. The van der Waals surface area contributed by atoms with Gasteiger partial charge in [-0.25, -0.2) is 19.4 Å². The number of benzene rings is 1. The van der Waals surface area contributed by atoms with E-state index >= 15 is 0 Å². The highest BCUT2D eigenvalue weighted by atomic mass is 127. The molecular formula is C17H22FIN6O. The Balaban J connectivity index is 0.00000243. The number of aromatic nitrogens is 2. The second-order valence-corrected chi connectivity index (χ2v) is 5.65. The molecule has 1 aliphatic rings. The van der Waals surface area contributed by atoms with Crippen molar-refractivity contribution in [1.29, 1.82) is 0 Å². The molecule has 1 aromatic carbocycles. The third-order valence-corrected chi connectivity index (χ3v) is 4.09. The Labute approximate surface area is 169 Å². The number of methoxy groups -OCH3 is 1. The average molecular weight is 472 g/mol. The van der Waals surface area contributed by atoms with Crippen LogP contribution in [0.3, 0.4) is 0 Å². The maximum Gasteiger partial charge on any atom is 0.225 e. The maximum absolute atomic E-state index is 13.4. The number of nitrogens with two attached hydrogens (primary N) is 1. The van der Waals surface area contributed by atoms with E-state index in [0.717, 1.165) is 32.1 Å². The highest BCUT2D eigenvalue weighted by Crippen LogP contribution is 2.20. The van der Waals surface area contributed by atoms with Gasteiger partial charge in [0.2, 0.25) is 5.95 Å². The van der Waals surface area contributed by atoms with Crippen LogP contribution in [0.5, 0.6) is 5.75 Å². The normalized spacial score (nSPS) is 14.8. The first-order valence-electron chi connectivity index (χ1n) is 8.06. The summed E-state index contributed by atoms with van der Waals surface area (Å²) in [6.45, 7) is 3.27. The van der Waals surface area contributed by atoms with Crippen molar-refractivity contribution in [3.05, 3.63) is 48.0 Å². The summed E-state index contributed by atoms with van der Waals surface area (Å²) < 4.78 is 18.6. The van der Waals surface area contributed by atoms with Gasteiger partial charge in [-0.05, 0) is 24.3 Å². The fourth-order valence-electron chi connectivity index (χ4n) is 2.73. The molecule has 0 saturated carbocycles. The molecule has 26 heavy (non-hydrogen) atoms. The number of piperazine rings is 1. The summed E-state index contributed by atoms with van der Waals surface area (Å²) in [5.74, 6) is 1.45. The first-order valence-corrected chi connectivity index (χ1v) is 8.06. The zero-order valence-corrected chi connectivity index (χ0v) is 16.8. The molecule has 2 N–H and O–H groups in total. The lowest BCUT2D eigenvalue weighted by Crippen LogP contribution is -2.51. The Hall–Kier alpha value is -2.17. The Morgan fingerprint density at radius 2 is 1.92 bits per heavy atom. The smallest absolute Gasteiger partial charge is 0.225 e. The molecule has 1 aromatic heterocycles. The van der Waals surface area contributed by atoms with Crippen molar-refractivity contribution in [2.45, 2.75) is 6.54 Å². The third-order valence-electron chi connectivity index (χ3n) is 4.09. The van der Waals surface area contributed by atoms with Gasteiger partial charge in [-0.15, -0.1) is 24.0 Å². The number of anilines is 1. The van der Waals surface area contributed by atoms with Crippen molar-refractivity contribution in [1.82, 2.24) is 14.9 Å². The topological polar surface area (TPSA) is 79.9 Å². The van der Waals surface area contributed by atoms with Crippen molar-refractivity contribution in [3.8, 4) is 5.75 Å². The minimum atomic E-state index is -0.318. The van der Waals surface area contributed by atoms with Crippen LogP contribution in [0.15, 0.2) is 41.7 Å². The van der Waals surface area contributed by atoms with Crippen molar-refractivity contribution in [2.75, 3.05) is 38.2 Å². The molecule has 0 unspecified atom stereocenters. The van der Waals surface area contributed by atoms with Crippen LogP contribution in [0.1, 0.15) is 5.56 Å². The van der Waals surface area contributed by atoms with Gasteiger partial charge in [-0.2, -0.15) is 0 Å². The van der Waals surface area contributed by atoms with Gasteiger partial charge >= 0.3 is 0 Å². The van der Waals surface area contributed by atoms with E-state index in [0.29, 0.717) is 17.3 Å². The lowest BCUT2D eigenvalue weighted by molar-refractivity contribution is 0.377. The monoisotopic (exact) mass is 472 g/mol. The average Bonchev–Trinajstić information content (AvgIpc) is 2.67. The van der Waals surface area contributed by atoms with E-state index in [2.05, 4.69) is 19.9 Å². The zero-order chi connectivity index (χ0) is 17.6. The van der Waals surface area contributed by atoms with Crippen molar-refractivity contribution in [2.24, 2.45) is 10.7 Å². The molecule has 1 fully saturated rings. The van der Waals surface area contributed by atoms with Gasteiger partial charge in [0, 0.05) is 44.1 Å². The summed E-state index contributed by atoms with van der Waals surface area (Å²) in [5.41, 5.74) is 6.77. The molecule has 9 heteroatoms. The minimum absolute atomic E-state index is 0. The standard InChI is InChI=1S/C17H21FN6O.HI/c1-25-15-4-3-14(18)11-13(15)12-22-16(19)23-7-9-24(10-8-23)17-20-5-2-6-21-17;/h2-6,11H,7-10,12H2,1H3,(H2,19,22);1H. The molecule has 3 rings (SSSR count). The van der Waals surface area contributed by atoms with Crippen LogP contribution in [-0.2, 0) is 6.54 Å². The molecule has 2 aromatic rings. The van der Waals surface area contributed by atoms with Crippen LogP contribution < -0.4 is 15.4 Å². The zero-order valence-electron chi connectivity index (χ0n) is 14.5. The number of hydrogen-bond donors (Lipinski definition) is 1. The van der Waals surface area contributed by atoms with Crippen molar-refractivity contribution in [3.63, 3.8) is 0 Å². The van der Waals surface area contributed by atoms with Gasteiger partial charge in [-0.1, -0.05) is 0 Å². The van der Waals surface area contributed by atoms with Gasteiger partial charge in [0.25, 0.3) is 0 Å². The second kappa shape index (κ2) is 9.51. The first-order chi connectivity index (χ1) is 12.2. The summed E-state index contributed by atoms with van der Waals surface area (Å²) in [5, 5.41) is 0. The summed E-state index contributed by atoms with van der Waals surface area (Å²) in [7, 11) is 1.55. The highest BCUT2D eigenvalue weighted by Gasteiger charge is 2.20. The first kappa shape index (κ1) is 20.1. The Morgan fingerprint density at radius 3 is 2.58 bits per heavy atom. The molecule has 0 radical (unpaired) electrons. The Kier molecular flexibility index (Phi) is 7.37. The number of hydrogen-bond acceptors (Lipinski definition) is 5. The lowest BCUT2D eigenvalue weighted by Gasteiger charge is -2.35. The van der Waals surface area contributed by atoms with Crippen LogP contribution in [-0.4, -0.2) is 54.1 Å². The summed E-state index contributed by atoms with van der Waals surface area (Å²) in [4.78, 5) is 17.0. The number of rotatable bonds is 4. The Morgan fingerprint density at radius 1 is 1.23 bits per heavy atom. The third kappa shape index (κ3) is 4.93. The second-order valence-electron chi connectivity index (χ2n) is 5.65. The number of nitrogens with zero attached hydrogens (tertiary/aromatic N) is 5. The molecular weight excluding hydrogens is 450 g/mol. The van der Waals surface area contributed by atoms with E-state index in [1.807, 2.05) is 4.90 Å². The molecule has 0 spiro atoms. The van der Waals surface area contributed by atoms with Crippen LogP contribution in [0, 0.1) is 5.82 Å². The van der Waals surface area contributed by atoms with Gasteiger partial charge < -0.3 is 20.3 Å². The molecule has 0 atom stereocenters.